The molecule has 0 radical (unpaired) electrons. The first-order chi connectivity index (χ1) is 16.0. The lowest BCUT2D eigenvalue weighted by atomic mass is 9.78. The summed E-state index contributed by atoms with van der Waals surface area (Å²) in [5, 5.41) is 11.8. The molecule has 1 saturated heterocycles. The minimum Gasteiger partial charge on any atom is -0.369 e. The number of thiazole rings is 1. The summed E-state index contributed by atoms with van der Waals surface area (Å²) in [5.74, 6) is 0. The number of benzene rings is 2. The maximum absolute atomic E-state index is 12.5. The Hall–Kier alpha value is -2.42. The quantitative estimate of drug-likeness (QED) is 0.387. The summed E-state index contributed by atoms with van der Waals surface area (Å²) in [4.78, 5) is 19.6. The number of hydrogen-bond donors (Lipinski definition) is 3. The summed E-state index contributed by atoms with van der Waals surface area (Å²) in [5.41, 5.74) is 4.26. The standard InChI is InChI=1S/C25H30BrN5OS/c1-3-25(2,19-6-8-20(26)9-7-19)22-17-33-24(29-22)30-23(32)28-16-18-4-10-21(11-5-18)31-14-12-27-13-15-31/h4-11,17,27H,3,12-16H2,1-2H3,(H2,28,29,30,32). The molecular formula is C25H30BrN5OS. The van der Waals surface area contributed by atoms with Crippen LogP contribution in [0.2, 0.25) is 0 Å². The van der Waals surface area contributed by atoms with Crippen LogP contribution in [0.25, 0.3) is 0 Å². The number of nitrogens with one attached hydrogen (secondary N) is 3. The first-order valence-corrected chi connectivity index (χ1v) is 13.0. The van der Waals surface area contributed by atoms with Crippen LogP contribution in [-0.2, 0) is 12.0 Å². The van der Waals surface area contributed by atoms with Crippen LogP contribution in [0.1, 0.15) is 37.1 Å². The molecule has 0 spiro atoms. The summed E-state index contributed by atoms with van der Waals surface area (Å²) >= 11 is 4.96. The predicted octanol–water partition coefficient (Wildman–Crippen LogP) is 5.35. The Bertz CT molecular complexity index is 1060. The smallest absolute Gasteiger partial charge is 0.321 e. The van der Waals surface area contributed by atoms with E-state index in [2.05, 4.69) is 99.2 Å². The molecule has 0 bridgehead atoms. The van der Waals surface area contributed by atoms with Crippen LogP contribution in [0, 0.1) is 0 Å². The number of aromatic nitrogens is 1. The predicted molar refractivity (Wildman–Crippen MR) is 140 cm³/mol. The molecule has 8 heteroatoms. The number of hydrogen-bond acceptors (Lipinski definition) is 5. The molecule has 3 N–H and O–H groups in total. The van der Waals surface area contributed by atoms with Crippen molar-refractivity contribution < 1.29 is 4.79 Å². The van der Waals surface area contributed by atoms with Gasteiger partial charge in [0.15, 0.2) is 5.13 Å². The molecule has 33 heavy (non-hydrogen) atoms. The summed E-state index contributed by atoms with van der Waals surface area (Å²) in [7, 11) is 0. The van der Waals surface area contributed by atoms with Gasteiger partial charge < -0.3 is 15.5 Å². The molecule has 6 nitrogen and oxygen atoms in total. The van der Waals surface area contributed by atoms with Crippen LogP contribution in [0.15, 0.2) is 58.4 Å². The fourth-order valence-corrected chi connectivity index (χ4v) is 5.11. The molecule has 1 aromatic heterocycles. The van der Waals surface area contributed by atoms with Gasteiger partial charge in [0, 0.05) is 53.7 Å². The van der Waals surface area contributed by atoms with E-state index in [0.717, 1.165) is 48.3 Å². The van der Waals surface area contributed by atoms with Crippen molar-refractivity contribution in [3.63, 3.8) is 0 Å². The van der Waals surface area contributed by atoms with Crippen molar-refractivity contribution in [2.24, 2.45) is 0 Å². The number of amides is 2. The van der Waals surface area contributed by atoms with Crippen molar-refractivity contribution in [3.05, 3.63) is 75.2 Å². The van der Waals surface area contributed by atoms with E-state index in [4.69, 9.17) is 4.98 Å². The highest BCUT2D eigenvalue weighted by Gasteiger charge is 2.30. The maximum atomic E-state index is 12.5. The second-order valence-electron chi connectivity index (χ2n) is 8.44. The highest BCUT2D eigenvalue weighted by atomic mass is 79.9. The van der Waals surface area contributed by atoms with E-state index in [0.29, 0.717) is 11.7 Å². The largest absolute Gasteiger partial charge is 0.369 e. The van der Waals surface area contributed by atoms with Crippen LogP contribution in [-0.4, -0.2) is 37.2 Å². The molecule has 1 fully saturated rings. The molecule has 2 heterocycles. The molecular weight excluding hydrogens is 498 g/mol. The minimum atomic E-state index is -0.246. The molecule has 174 valence electrons. The lowest BCUT2D eigenvalue weighted by Gasteiger charge is -2.29. The summed E-state index contributed by atoms with van der Waals surface area (Å²) in [6.45, 7) is 8.90. The van der Waals surface area contributed by atoms with Gasteiger partial charge in [0.1, 0.15) is 0 Å². The van der Waals surface area contributed by atoms with E-state index in [-0.39, 0.29) is 11.4 Å². The lowest BCUT2D eigenvalue weighted by molar-refractivity contribution is 0.251. The van der Waals surface area contributed by atoms with Gasteiger partial charge in [-0.1, -0.05) is 47.1 Å². The van der Waals surface area contributed by atoms with Gasteiger partial charge in [-0.15, -0.1) is 11.3 Å². The van der Waals surface area contributed by atoms with Gasteiger partial charge in [0.25, 0.3) is 0 Å². The number of halogens is 1. The van der Waals surface area contributed by atoms with Gasteiger partial charge in [0.05, 0.1) is 5.69 Å². The number of rotatable bonds is 7. The van der Waals surface area contributed by atoms with Gasteiger partial charge >= 0.3 is 6.03 Å². The van der Waals surface area contributed by atoms with Crippen molar-refractivity contribution in [3.8, 4) is 0 Å². The highest BCUT2D eigenvalue weighted by Crippen LogP contribution is 2.37. The van der Waals surface area contributed by atoms with Gasteiger partial charge in [-0.2, -0.15) is 0 Å². The third-order valence-corrected chi connectivity index (χ3v) is 7.64. The topological polar surface area (TPSA) is 69.3 Å². The van der Waals surface area contributed by atoms with E-state index >= 15 is 0 Å². The third-order valence-electron chi connectivity index (χ3n) is 6.35. The van der Waals surface area contributed by atoms with Crippen molar-refractivity contribution in [2.75, 3.05) is 36.4 Å². The number of nitrogens with zero attached hydrogens (tertiary/aromatic N) is 2. The monoisotopic (exact) mass is 527 g/mol. The first-order valence-electron chi connectivity index (χ1n) is 11.3. The molecule has 0 saturated carbocycles. The van der Waals surface area contributed by atoms with E-state index in [1.165, 1.54) is 22.6 Å². The normalized spacial score (nSPS) is 15.7. The molecule has 3 aromatic rings. The number of urea groups is 1. The molecule has 1 unspecified atom stereocenters. The van der Waals surface area contributed by atoms with Crippen molar-refractivity contribution in [1.82, 2.24) is 15.6 Å². The Morgan fingerprint density at radius 1 is 1.15 bits per heavy atom. The second kappa shape index (κ2) is 10.7. The Morgan fingerprint density at radius 3 is 2.52 bits per heavy atom. The maximum Gasteiger partial charge on any atom is 0.321 e. The van der Waals surface area contributed by atoms with Crippen molar-refractivity contribution >= 4 is 44.1 Å². The number of piperazine rings is 1. The van der Waals surface area contributed by atoms with Crippen LogP contribution >= 0.6 is 27.3 Å². The third kappa shape index (κ3) is 5.75. The van der Waals surface area contributed by atoms with E-state index in [1.807, 2.05) is 5.38 Å². The van der Waals surface area contributed by atoms with Crippen LogP contribution in [0.3, 0.4) is 0 Å². The van der Waals surface area contributed by atoms with E-state index < -0.39 is 0 Å². The molecule has 2 amide bonds. The van der Waals surface area contributed by atoms with E-state index in [9.17, 15) is 4.79 Å². The zero-order chi connectivity index (χ0) is 23.3. The summed E-state index contributed by atoms with van der Waals surface area (Å²) < 4.78 is 1.06. The first kappa shape index (κ1) is 23.7. The fourth-order valence-electron chi connectivity index (χ4n) is 4.01. The average Bonchev–Trinajstić information content (AvgIpc) is 3.32. The van der Waals surface area contributed by atoms with Gasteiger partial charge in [-0.05, 0) is 48.7 Å². The van der Waals surface area contributed by atoms with Gasteiger partial charge in [-0.3, -0.25) is 5.32 Å². The number of carbonyl (C=O) groups is 1. The van der Waals surface area contributed by atoms with Crippen LogP contribution in [0.5, 0.6) is 0 Å². The second-order valence-corrected chi connectivity index (χ2v) is 10.2. The lowest BCUT2D eigenvalue weighted by Crippen LogP contribution is -2.43. The zero-order valence-corrected chi connectivity index (χ0v) is 21.4. The number of carbonyl (C=O) groups excluding carboxylic acids is 1. The highest BCUT2D eigenvalue weighted by molar-refractivity contribution is 9.10. The number of anilines is 2. The molecule has 1 aliphatic rings. The fraction of sp³-hybridized carbons (Fsp3) is 0.360. The Labute approximate surface area is 207 Å². The molecule has 1 aliphatic heterocycles. The Balaban J connectivity index is 1.33. The molecule has 4 rings (SSSR count). The van der Waals surface area contributed by atoms with Crippen LogP contribution in [0.4, 0.5) is 15.6 Å². The Kier molecular flexibility index (Phi) is 7.67. The average molecular weight is 529 g/mol. The SMILES string of the molecule is CCC(C)(c1ccc(Br)cc1)c1csc(NC(=O)NCc2ccc(N3CCNCC3)cc2)n1. The zero-order valence-electron chi connectivity index (χ0n) is 19.0. The summed E-state index contributed by atoms with van der Waals surface area (Å²) in [6.07, 6.45) is 0.911. The summed E-state index contributed by atoms with van der Waals surface area (Å²) in [6, 6.07) is 16.5. The van der Waals surface area contributed by atoms with Crippen molar-refractivity contribution in [2.45, 2.75) is 32.2 Å². The van der Waals surface area contributed by atoms with Crippen LogP contribution < -0.4 is 20.9 Å². The molecule has 1 atom stereocenters. The van der Waals surface area contributed by atoms with Crippen molar-refractivity contribution in [1.29, 1.82) is 0 Å². The molecule has 0 aliphatic carbocycles. The minimum absolute atomic E-state index is 0.209. The van der Waals surface area contributed by atoms with E-state index in [1.54, 1.807) is 0 Å². The van der Waals surface area contributed by atoms with Gasteiger partial charge in [-0.25, -0.2) is 9.78 Å². The van der Waals surface area contributed by atoms with Gasteiger partial charge in [0.2, 0.25) is 0 Å². The molecule has 2 aromatic carbocycles. The Morgan fingerprint density at radius 2 is 1.85 bits per heavy atom.